The summed E-state index contributed by atoms with van der Waals surface area (Å²) in [5.41, 5.74) is 4.70. The summed E-state index contributed by atoms with van der Waals surface area (Å²) < 4.78 is 45.4. The van der Waals surface area contributed by atoms with Gasteiger partial charge in [0.25, 0.3) is 5.91 Å². The number of nitrogens with zero attached hydrogens (tertiary/aromatic N) is 8. The second kappa shape index (κ2) is 17.0. The Morgan fingerprint density at radius 3 is 2.49 bits per heavy atom. The van der Waals surface area contributed by atoms with Crippen molar-refractivity contribution >= 4 is 40.0 Å². The van der Waals surface area contributed by atoms with Gasteiger partial charge in [0, 0.05) is 68.1 Å². The molecule has 0 radical (unpaired) electrons. The molecular formula is C44H45F3N10O4. The van der Waals surface area contributed by atoms with Crippen molar-refractivity contribution < 1.29 is 32.7 Å². The fourth-order valence-electron chi connectivity index (χ4n) is 8.87. The molecule has 14 nitrogen and oxygen atoms in total. The minimum atomic E-state index is -1.78. The van der Waals surface area contributed by atoms with Gasteiger partial charge in [-0.1, -0.05) is 18.2 Å². The molecule has 0 spiro atoms. The average Bonchev–Trinajstić information content (AvgIpc) is 3.91. The number of carbonyl (C=O) groups excluding carboxylic acids is 3. The van der Waals surface area contributed by atoms with Crippen molar-refractivity contribution in [3.63, 3.8) is 0 Å². The molecule has 6 heterocycles. The number of fused-ring (bicyclic) bond motifs is 2. The van der Waals surface area contributed by atoms with Crippen molar-refractivity contribution in [2.45, 2.75) is 63.3 Å². The van der Waals surface area contributed by atoms with E-state index >= 15 is 0 Å². The standard InChI is InChI=1S/C44H45F3N10O4/c45-34-19-32(40(46)41(47)42(34)59)43(60)50-20-26-3-8-30(9-4-26)56-25-29-7-6-28(18-35(29)53-56)36-22-49-38(23-48-36)55-16-14-54(15-17-55)13-1-2-27-5-11-37-33(21-51-57(37)24-27)31-10-12-39(58)52-44(31)61/h5-7,11,18-19,21-26,30-31,59H,1-4,8-10,12-17,20H2,(H,50,60)(H,52,58,61). The molecule has 6 aromatic rings. The van der Waals surface area contributed by atoms with Crippen LogP contribution in [0.2, 0.25) is 0 Å². The highest BCUT2D eigenvalue weighted by Gasteiger charge is 2.31. The number of benzene rings is 2. The number of piperazine rings is 1. The Hall–Kier alpha value is -6.36. The quantitative estimate of drug-likeness (QED) is 0.109. The fourth-order valence-corrected chi connectivity index (χ4v) is 8.87. The molecule has 316 valence electrons. The molecule has 3 aliphatic rings. The topological polar surface area (TPSA) is 163 Å². The number of imide groups is 1. The van der Waals surface area contributed by atoms with Crippen LogP contribution in [-0.2, 0) is 16.0 Å². The monoisotopic (exact) mass is 834 g/mol. The van der Waals surface area contributed by atoms with Crippen molar-refractivity contribution in [2.75, 3.05) is 44.2 Å². The van der Waals surface area contributed by atoms with Crippen LogP contribution in [0.15, 0.2) is 67.4 Å². The number of phenolic OH excluding ortho intramolecular Hbond substituents is 1. The van der Waals surface area contributed by atoms with E-state index in [-0.39, 0.29) is 36.2 Å². The van der Waals surface area contributed by atoms with E-state index in [0.29, 0.717) is 18.9 Å². The smallest absolute Gasteiger partial charge is 0.254 e. The maximum absolute atomic E-state index is 14.1. The first-order valence-electron chi connectivity index (χ1n) is 20.8. The Kier molecular flexibility index (Phi) is 11.1. The molecule has 0 bridgehead atoms. The molecule has 1 aliphatic carbocycles. The molecular weight excluding hydrogens is 790 g/mol. The lowest BCUT2D eigenvalue weighted by molar-refractivity contribution is -0.134. The number of piperidine rings is 1. The van der Waals surface area contributed by atoms with E-state index in [1.165, 1.54) is 5.56 Å². The molecule has 1 unspecified atom stereocenters. The molecule has 2 aliphatic heterocycles. The van der Waals surface area contributed by atoms with Crippen LogP contribution in [0.3, 0.4) is 0 Å². The van der Waals surface area contributed by atoms with Gasteiger partial charge in [0.1, 0.15) is 5.82 Å². The number of pyridine rings is 1. The van der Waals surface area contributed by atoms with Crippen LogP contribution in [0, 0.1) is 23.4 Å². The Balaban J connectivity index is 0.727. The lowest BCUT2D eigenvalue weighted by Crippen LogP contribution is -2.47. The second-order valence-corrected chi connectivity index (χ2v) is 16.3. The maximum Gasteiger partial charge on any atom is 0.254 e. The summed E-state index contributed by atoms with van der Waals surface area (Å²) in [5.74, 6) is -7.00. The largest absolute Gasteiger partial charge is 0.503 e. The van der Waals surface area contributed by atoms with Gasteiger partial charge >= 0.3 is 0 Å². The molecule has 3 fully saturated rings. The van der Waals surface area contributed by atoms with Crippen molar-refractivity contribution in [3.8, 4) is 17.0 Å². The zero-order valence-electron chi connectivity index (χ0n) is 33.4. The van der Waals surface area contributed by atoms with Crippen LogP contribution < -0.4 is 15.5 Å². The Morgan fingerprint density at radius 2 is 1.72 bits per heavy atom. The van der Waals surface area contributed by atoms with Gasteiger partial charge in [-0.05, 0) is 81.2 Å². The van der Waals surface area contributed by atoms with Crippen LogP contribution in [-0.4, -0.2) is 96.4 Å². The van der Waals surface area contributed by atoms with Gasteiger partial charge < -0.3 is 15.3 Å². The third-order valence-corrected chi connectivity index (χ3v) is 12.4. The summed E-state index contributed by atoms with van der Waals surface area (Å²) in [5, 5.41) is 24.7. The normalized spacial score (nSPS) is 20.0. The van der Waals surface area contributed by atoms with Gasteiger partial charge in [-0.3, -0.25) is 34.3 Å². The van der Waals surface area contributed by atoms with Crippen LogP contribution in [0.25, 0.3) is 27.7 Å². The van der Waals surface area contributed by atoms with Crippen molar-refractivity contribution in [3.05, 3.63) is 102 Å². The zero-order chi connectivity index (χ0) is 42.2. The number of hydrogen-bond acceptors (Lipinski definition) is 10. The van der Waals surface area contributed by atoms with Gasteiger partial charge in [0.15, 0.2) is 17.4 Å². The number of phenols is 1. The first-order valence-corrected chi connectivity index (χ1v) is 20.8. The lowest BCUT2D eigenvalue weighted by atomic mass is 9.86. The molecule has 61 heavy (non-hydrogen) atoms. The Bertz CT molecular complexity index is 2620. The van der Waals surface area contributed by atoms with Crippen LogP contribution >= 0.6 is 0 Å². The van der Waals surface area contributed by atoms with Gasteiger partial charge in [-0.25, -0.2) is 18.3 Å². The summed E-state index contributed by atoms with van der Waals surface area (Å²) in [7, 11) is 0. The first-order chi connectivity index (χ1) is 29.6. The number of aromatic hydroxyl groups is 1. The van der Waals surface area contributed by atoms with E-state index in [1.54, 1.807) is 6.20 Å². The number of halogens is 3. The summed E-state index contributed by atoms with van der Waals surface area (Å²) in [4.78, 5) is 50.7. The Morgan fingerprint density at radius 1 is 0.902 bits per heavy atom. The lowest BCUT2D eigenvalue weighted by Gasteiger charge is -2.35. The highest BCUT2D eigenvalue weighted by molar-refractivity contribution is 6.01. The summed E-state index contributed by atoms with van der Waals surface area (Å²) in [6, 6.07) is 10.9. The van der Waals surface area contributed by atoms with E-state index in [4.69, 9.17) is 15.1 Å². The average molecular weight is 835 g/mol. The van der Waals surface area contributed by atoms with Crippen molar-refractivity contribution in [1.29, 1.82) is 0 Å². The first kappa shape index (κ1) is 40.1. The number of amides is 3. The minimum absolute atomic E-state index is 0.116. The minimum Gasteiger partial charge on any atom is -0.503 e. The highest BCUT2D eigenvalue weighted by atomic mass is 19.2. The molecule has 1 saturated carbocycles. The molecule has 1 atom stereocenters. The van der Waals surface area contributed by atoms with E-state index in [0.717, 1.165) is 110 Å². The number of hydrogen-bond donors (Lipinski definition) is 3. The maximum atomic E-state index is 14.1. The molecule has 3 N–H and O–H groups in total. The van der Waals surface area contributed by atoms with Gasteiger partial charge in [0.2, 0.25) is 17.6 Å². The molecule has 4 aromatic heterocycles. The SMILES string of the molecule is O=C1CCC(c2cnn3cc(CCCN4CCN(c5cnc(-c6ccc7cn(C8CCC(CNC(=O)c9cc(F)c(O)c(F)c9F)CC8)nc7c6)cn5)CC4)ccc23)C(=O)N1. The Labute approximate surface area is 348 Å². The fraction of sp³-hybridized carbons (Fsp3) is 0.386. The summed E-state index contributed by atoms with van der Waals surface area (Å²) >= 11 is 0. The predicted octanol–water partition coefficient (Wildman–Crippen LogP) is 5.70. The molecule has 17 heteroatoms. The third kappa shape index (κ3) is 8.38. The molecule has 3 amide bonds. The number of carbonyl (C=O) groups is 3. The molecule has 2 saturated heterocycles. The number of nitrogens with one attached hydrogen (secondary N) is 2. The number of rotatable bonds is 11. The van der Waals surface area contributed by atoms with Gasteiger partial charge in [-0.2, -0.15) is 14.6 Å². The summed E-state index contributed by atoms with van der Waals surface area (Å²) in [6.45, 7) is 4.80. The van der Waals surface area contributed by atoms with E-state index in [1.807, 2.05) is 58.3 Å². The zero-order valence-corrected chi connectivity index (χ0v) is 33.4. The number of aryl methyl sites for hydroxylation is 1. The van der Waals surface area contributed by atoms with Gasteiger partial charge in [-0.15, -0.1) is 0 Å². The van der Waals surface area contributed by atoms with Crippen LogP contribution in [0.1, 0.15) is 78.4 Å². The number of aromatic nitrogens is 6. The van der Waals surface area contributed by atoms with E-state index in [2.05, 4.69) is 31.6 Å². The van der Waals surface area contributed by atoms with Crippen molar-refractivity contribution in [1.82, 2.24) is 44.9 Å². The molecule has 9 rings (SSSR count). The second-order valence-electron chi connectivity index (χ2n) is 16.3. The third-order valence-electron chi connectivity index (χ3n) is 12.4. The highest BCUT2D eigenvalue weighted by Crippen LogP contribution is 2.34. The summed E-state index contributed by atoms with van der Waals surface area (Å²) in [6.07, 6.45) is 15.4. The predicted molar refractivity (Wildman–Crippen MR) is 219 cm³/mol. The van der Waals surface area contributed by atoms with Gasteiger partial charge in [0.05, 0.1) is 52.8 Å². The van der Waals surface area contributed by atoms with Crippen molar-refractivity contribution in [2.24, 2.45) is 5.92 Å². The van der Waals surface area contributed by atoms with E-state index in [9.17, 15) is 32.7 Å². The number of anilines is 1. The van der Waals surface area contributed by atoms with Crippen LogP contribution in [0.4, 0.5) is 19.0 Å². The van der Waals surface area contributed by atoms with E-state index < -0.39 is 34.7 Å². The van der Waals surface area contributed by atoms with Crippen LogP contribution in [0.5, 0.6) is 5.75 Å². The molecule has 2 aromatic carbocycles.